The van der Waals surface area contributed by atoms with Gasteiger partial charge in [0.25, 0.3) is 0 Å². The van der Waals surface area contributed by atoms with E-state index in [0.29, 0.717) is 17.3 Å². The molecule has 0 saturated heterocycles. The van der Waals surface area contributed by atoms with Gasteiger partial charge in [0.2, 0.25) is 10.0 Å². The number of nitrogens with two attached hydrogens (primary N) is 1. The van der Waals surface area contributed by atoms with Crippen LogP contribution in [0.15, 0.2) is 59.6 Å². The number of anilines is 1. The van der Waals surface area contributed by atoms with Gasteiger partial charge in [0.15, 0.2) is 5.82 Å². The smallest absolute Gasteiger partial charge is 0.238 e. The van der Waals surface area contributed by atoms with Gasteiger partial charge in [-0.3, -0.25) is 4.98 Å². The van der Waals surface area contributed by atoms with Crippen LogP contribution in [0.2, 0.25) is 0 Å². The fourth-order valence-electron chi connectivity index (χ4n) is 2.87. The molecule has 0 aliphatic heterocycles. The Morgan fingerprint density at radius 2 is 1.89 bits per heavy atom. The molecule has 0 fully saturated rings. The number of primary sulfonamides is 1. The lowest BCUT2D eigenvalue weighted by Gasteiger charge is -2.19. The van der Waals surface area contributed by atoms with Crippen molar-refractivity contribution in [3.8, 4) is 11.5 Å². The first-order valence-electron chi connectivity index (χ1n) is 9.09. The highest BCUT2D eigenvalue weighted by Gasteiger charge is 2.15. The van der Waals surface area contributed by atoms with E-state index in [9.17, 15) is 8.42 Å². The van der Waals surface area contributed by atoms with E-state index in [1.807, 2.05) is 44.2 Å². The Balaban J connectivity index is 1.95. The number of rotatable bonds is 7. The van der Waals surface area contributed by atoms with Crippen LogP contribution in [0.5, 0.6) is 0 Å². The van der Waals surface area contributed by atoms with E-state index in [4.69, 9.17) is 5.14 Å². The molecule has 3 aromatic rings. The number of aromatic nitrogens is 3. The Labute approximate surface area is 165 Å². The Morgan fingerprint density at radius 3 is 2.54 bits per heavy atom. The van der Waals surface area contributed by atoms with Crippen LogP contribution < -0.4 is 10.5 Å². The van der Waals surface area contributed by atoms with Crippen LogP contribution in [0.1, 0.15) is 37.6 Å². The monoisotopic (exact) mass is 397 g/mol. The number of aryl methyl sites for hydroxylation is 1. The molecule has 7 nitrogen and oxygen atoms in total. The van der Waals surface area contributed by atoms with Crippen LogP contribution in [-0.4, -0.2) is 23.4 Å². The number of nitrogens with zero attached hydrogens (tertiary/aromatic N) is 3. The maximum Gasteiger partial charge on any atom is 0.238 e. The summed E-state index contributed by atoms with van der Waals surface area (Å²) >= 11 is 0. The molecule has 0 radical (unpaired) electrons. The Morgan fingerprint density at radius 1 is 1.07 bits per heavy atom. The second-order valence-corrected chi connectivity index (χ2v) is 7.92. The minimum atomic E-state index is -3.76. The van der Waals surface area contributed by atoms with Gasteiger partial charge in [-0.15, -0.1) is 0 Å². The van der Waals surface area contributed by atoms with Gasteiger partial charge in [0, 0.05) is 18.0 Å². The van der Waals surface area contributed by atoms with Crippen molar-refractivity contribution < 1.29 is 8.42 Å². The normalized spacial score (nSPS) is 12.5. The van der Waals surface area contributed by atoms with Gasteiger partial charge < -0.3 is 5.32 Å². The summed E-state index contributed by atoms with van der Waals surface area (Å²) in [6.45, 7) is 4.05. The number of nitrogens with one attached hydrogen (secondary N) is 1. The van der Waals surface area contributed by atoms with E-state index >= 15 is 0 Å². The van der Waals surface area contributed by atoms with Crippen molar-refractivity contribution in [1.29, 1.82) is 0 Å². The molecule has 0 amide bonds. The standard InChI is InChI=1S/C20H23N5O2S/c1-3-15-13-19(25-20(23-15)18-10-5-6-11-22-18)24-17(4-2)14-8-7-9-16(12-14)28(21,26)27/h5-13,17H,3-4H2,1-2H3,(H2,21,26,27)(H,23,24,25). The Hall–Kier alpha value is -2.84. The molecule has 1 atom stereocenters. The van der Waals surface area contributed by atoms with Crippen LogP contribution in [0.4, 0.5) is 5.82 Å². The molecule has 2 aromatic heterocycles. The largest absolute Gasteiger partial charge is 0.363 e. The molecule has 1 aromatic carbocycles. The molecule has 0 aliphatic carbocycles. The molecule has 2 heterocycles. The molecular weight excluding hydrogens is 374 g/mol. The van der Waals surface area contributed by atoms with E-state index in [2.05, 4.69) is 20.3 Å². The molecule has 0 saturated carbocycles. The molecule has 0 spiro atoms. The zero-order valence-electron chi connectivity index (χ0n) is 15.8. The lowest BCUT2D eigenvalue weighted by Crippen LogP contribution is -2.15. The van der Waals surface area contributed by atoms with Gasteiger partial charge in [0.1, 0.15) is 11.5 Å². The molecule has 0 bridgehead atoms. The summed E-state index contributed by atoms with van der Waals surface area (Å²) in [5, 5.41) is 8.66. The lowest BCUT2D eigenvalue weighted by molar-refractivity contribution is 0.597. The third kappa shape index (κ3) is 4.71. The summed E-state index contributed by atoms with van der Waals surface area (Å²) in [5.41, 5.74) is 2.42. The molecular formula is C20H23N5O2S. The van der Waals surface area contributed by atoms with Gasteiger partial charge in [-0.25, -0.2) is 23.5 Å². The van der Waals surface area contributed by atoms with Crippen molar-refractivity contribution in [3.63, 3.8) is 0 Å². The van der Waals surface area contributed by atoms with Crippen molar-refractivity contribution >= 4 is 15.8 Å². The predicted octanol–water partition coefficient (Wildman–Crippen LogP) is 3.31. The van der Waals surface area contributed by atoms with E-state index in [1.165, 1.54) is 6.07 Å². The second kappa shape index (κ2) is 8.45. The molecule has 3 N–H and O–H groups in total. The summed E-state index contributed by atoms with van der Waals surface area (Å²) in [7, 11) is -3.76. The Kier molecular flexibility index (Phi) is 6.01. The van der Waals surface area contributed by atoms with E-state index in [0.717, 1.165) is 24.1 Å². The highest BCUT2D eigenvalue weighted by Crippen LogP contribution is 2.25. The average molecular weight is 398 g/mol. The zero-order chi connectivity index (χ0) is 20.1. The van der Waals surface area contributed by atoms with Crippen molar-refractivity contribution in [2.45, 2.75) is 37.6 Å². The fourth-order valence-corrected chi connectivity index (χ4v) is 3.44. The number of sulfonamides is 1. The predicted molar refractivity (Wildman–Crippen MR) is 109 cm³/mol. The molecule has 146 valence electrons. The summed E-state index contributed by atoms with van der Waals surface area (Å²) < 4.78 is 23.3. The minimum Gasteiger partial charge on any atom is -0.363 e. The van der Waals surface area contributed by atoms with E-state index in [-0.39, 0.29) is 10.9 Å². The first-order chi connectivity index (χ1) is 13.4. The molecule has 0 aliphatic rings. The topological polar surface area (TPSA) is 111 Å². The van der Waals surface area contributed by atoms with Gasteiger partial charge in [-0.1, -0.05) is 32.0 Å². The van der Waals surface area contributed by atoms with Gasteiger partial charge in [-0.05, 0) is 42.7 Å². The number of pyridine rings is 1. The lowest BCUT2D eigenvalue weighted by atomic mass is 10.0. The maximum atomic E-state index is 11.7. The van der Waals surface area contributed by atoms with Gasteiger partial charge >= 0.3 is 0 Å². The SMILES string of the molecule is CCc1cc(NC(CC)c2cccc(S(N)(=O)=O)c2)nc(-c2ccccn2)n1. The molecule has 3 rings (SSSR count). The first-order valence-corrected chi connectivity index (χ1v) is 10.6. The third-order valence-corrected chi connectivity index (χ3v) is 5.27. The summed E-state index contributed by atoms with van der Waals surface area (Å²) in [6, 6.07) is 14.0. The van der Waals surface area contributed by atoms with E-state index < -0.39 is 10.0 Å². The number of benzene rings is 1. The second-order valence-electron chi connectivity index (χ2n) is 6.36. The molecule has 1 unspecified atom stereocenters. The minimum absolute atomic E-state index is 0.0939. The fraction of sp³-hybridized carbons (Fsp3) is 0.250. The maximum absolute atomic E-state index is 11.7. The Bertz CT molecular complexity index is 1060. The van der Waals surface area contributed by atoms with Crippen molar-refractivity contribution in [2.75, 3.05) is 5.32 Å². The van der Waals surface area contributed by atoms with Crippen molar-refractivity contribution in [3.05, 3.63) is 66.0 Å². The number of hydrogen-bond donors (Lipinski definition) is 2. The molecule has 8 heteroatoms. The highest BCUT2D eigenvalue weighted by atomic mass is 32.2. The third-order valence-electron chi connectivity index (χ3n) is 4.35. The quantitative estimate of drug-likeness (QED) is 0.633. The average Bonchev–Trinajstić information content (AvgIpc) is 2.72. The first kappa shape index (κ1) is 19.9. The zero-order valence-corrected chi connectivity index (χ0v) is 16.6. The number of hydrogen-bond acceptors (Lipinski definition) is 6. The van der Waals surface area contributed by atoms with Gasteiger partial charge in [-0.2, -0.15) is 0 Å². The molecule has 28 heavy (non-hydrogen) atoms. The highest BCUT2D eigenvalue weighted by molar-refractivity contribution is 7.89. The summed E-state index contributed by atoms with van der Waals surface area (Å²) in [4.78, 5) is 13.6. The van der Waals surface area contributed by atoms with Crippen LogP contribution in [0, 0.1) is 0 Å². The van der Waals surface area contributed by atoms with Crippen LogP contribution >= 0.6 is 0 Å². The van der Waals surface area contributed by atoms with Crippen molar-refractivity contribution in [1.82, 2.24) is 15.0 Å². The summed E-state index contributed by atoms with van der Waals surface area (Å²) in [6.07, 6.45) is 3.20. The van der Waals surface area contributed by atoms with Gasteiger partial charge in [0.05, 0.1) is 10.9 Å². The van der Waals surface area contributed by atoms with Crippen LogP contribution in [0.25, 0.3) is 11.5 Å². The van der Waals surface area contributed by atoms with Crippen LogP contribution in [-0.2, 0) is 16.4 Å². The van der Waals surface area contributed by atoms with Crippen LogP contribution in [0.3, 0.4) is 0 Å². The van der Waals surface area contributed by atoms with E-state index in [1.54, 1.807) is 18.3 Å². The van der Waals surface area contributed by atoms with Crippen molar-refractivity contribution in [2.24, 2.45) is 5.14 Å². The summed E-state index contributed by atoms with van der Waals surface area (Å²) in [5.74, 6) is 1.22.